The van der Waals surface area contributed by atoms with Crippen LogP contribution in [0.1, 0.15) is 10.4 Å². The number of carbonyl (C=O) groups is 1. The highest BCUT2D eigenvalue weighted by Gasteiger charge is 2.15. The molecule has 4 N–H and O–H groups in total. The molecule has 1 amide bonds. The van der Waals surface area contributed by atoms with Gasteiger partial charge in [0, 0.05) is 11.6 Å². The summed E-state index contributed by atoms with van der Waals surface area (Å²) in [6.45, 7) is 0. The van der Waals surface area contributed by atoms with Crippen molar-refractivity contribution in [2.24, 2.45) is 5.84 Å². The van der Waals surface area contributed by atoms with E-state index in [4.69, 9.17) is 5.84 Å². The number of nitrogens with two attached hydrogens (primary N) is 1. The number of aromatic nitrogens is 1. The quantitative estimate of drug-likeness (QED) is 0.570. The Labute approximate surface area is 99.7 Å². The first-order chi connectivity index (χ1) is 8.61. The SMILES string of the molecule is NNc1c(F)cc(C(=O)Nc2ccon2)cc1F. The molecule has 0 fully saturated rings. The standard InChI is InChI=1S/C10H8F2N4O2/c11-6-3-5(4-7(12)9(6)15-13)10(17)14-8-1-2-18-16-8/h1-4,15H,13H2,(H,14,16,17). The fraction of sp³-hybridized carbons (Fsp3) is 0. The Hall–Kier alpha value is -2.48. The number of nitrogen functional groups attached to an aromatic ring is 1. The van der Waals surface area contributed by atoms with Gasteiger partial charge in [-0.25, -0.2) is 8.78 Å². The number of nitrogens with zero attached hydrogens (tertiary/aromatic N) is 1. The molecule has 0 saturated carbocycles. The molecule has 6 nitrogen and oxygen atoms in total. The number of halogens is 2. The maximum Gasteiger partial charge on any atom is 0.257 e. The van der Waals surface area contributed by atoms with Crippen molar-refractivity contribution >= 4 is 17.4 Å². The fourth-order valence-corrected chi connectivity index (χ4v) is 1.31. The lowest BCUT2D eigenvalue weighted by atomic mass is 10.1. The Kier molecular flexibility index (Phi) is 3.20. The van der Waals surface area contributed by atoms with Crippen molar-refractivity contribution < 1.29 is 18.1 Å². The molecule has 94 valence electrons. The zero-order valence-electron chi connectivity index (χ0n) is 8.91. The lowest BCUT2D eigenvalue weighted by Crippen LogP contribution is -2.15. The molecule has 18 heavy (non-hydrogen) atoms. The van der Waals surface area contributed by atoms with Crippen molar-refractivity contribution in [3.63, 3.8) is 0 Å². The van der Waals surface area contributed by atoms with E-state index in [9.17, 15) is 13.6 Å². The molecule has 0 saturated heterocycles. The molecular weight excluding hydrogens is 246 g/mol. The summed E-state index contributed by atoms with van der Waals surface area (Å²) in [6.07, 6.45) is 1.25. The topological polar surface area (TPSA) is 93.2 Å². The minimum atomic E-state index is -0.970. The molecular formula is C10H8F2N4O2. The Morgan fingerprint density at radius 3 is 2.50 bits per heavy atom. The van der Waals surface area contributed by atoms with Crippen molar-refractivity contribution in [3.8, 4) is 0 Å². The molecule has 2 rings (SSSR count). The number of nitrogens with one attached hydrogen (secondary N) is 2. The Bertz CT molecular complexity index is 548. The largest absolute Gasteiger partial charge is 0.363 e. The number of anilines is 2. The maximum atomic E-state index is 13.4. The van der Waals surface area contributed by atoms with Gasteiger partial charge >= 0.3 is 0 Å². The van der Waals surface area contributed by atoms with Crippen LogP contribution in [0.25, 0.3) is 0 Å². The number of hydrogen-bond acceptors (Lipinski definition) is 5. The zero-order valence-corrected chi connectivity index (χ0v) is 8.91. The summed E-state index contributed by atoms with van der Waals surface area (Å²) in [5, 5.41) is 5.73. The predicted octanol–water partition coefficient (Wildman–Crippen LogP) is 1.49. The van der Waals surface area contributed by atoms with Crippen LogP contribution >= 0.6 is 0 Å². The summed E-state index contributed by atoms with van der Waals surface area (Å²) in [7, 11) is 0. The number of amides is 1. The van der Waals surface area contributed by atoms with E-state index in [1.54, 1.807) is 0 Å². The molecule has 1 heterocycles. The summed E-state index contributed by atoms with van der Waals surface area (Å²) in [6, 6.07) is 3.10. The van der Waals surface area contributed by atoms with E-state index in [1.807, 2.05) is 5.43 Å². The smallest absolute Gasteiger partial charge is 0.257 e. The molecule has 0 spiro atoms. The minimum absolute atomic E-state index is 0.141. The van der Waals surface area contributed by atoms with E-state index < -0.39 is 23.2 Å². The third-order valence-corrected chi connectivity index (χ3v) is 2.13. The Morgan fingerprint density at radius 2 is 2.00 bits per heavy atom. The van der Waals surface area contributed by atoms with Crippen LogP contribution in [0.2, 0.25) is 0 Å². The van der Waals surface area contributed by atoms with Crippen molar-refractivity contribution in [3.05, 3.63) is 41.7 Å². The first-order valence-electron chi connectivity index (χ1n) is 4.79. The number of hydrogen-bond donors (Lipinski definition) is 3. The zero-order chi connectivity index (χ0) is 13.1. The minimum Gasteiger partial charge on any atom is -0.363 e. The highest BCUT2D eigenvalue weighted by molar-refractivity contribution is 6.03. The summed E-state index contributed by atoms with van der Waals surface area (Å²) in [4.78, 5) is 11.6. The Morgan fingerprint density at radius 1 is 1.33 bits per heavy atom. The van der Waals surface area contributed by atoms with Gasteiger partial charge in [0.15, 0.2) is 17.5 Å². The van der Waals surface area contributed by atoms with Crippen LogP contribution < -0.4 is 16.6 Å². The first-order valence-corrected chi connectivity index (χ1v) is 4.79. The van der Waals surface area contributed by atoms with Gasteiger partial charge < -0.3 is 15.3 Å². The molecule has 0 bridgehead atoms. The van der Waals surface area contributed by atoms with Gasteiger partial charge in [-0.1, -0.05) is 5.16 Å². The lowest BCUT2D eigenvalue weighted by molar-refractivity contribution is 0.102. The van der Waals surface area contributed by atoms with Crippen LogP contribution in [0.15, 0.2) is 29.0 Å². The summed E-state index contributed by atoms with van der Waals surface area (Å²) in [5.74, 6) is 2.42. The van der Waals surface area contributed by atoms with Crippen LogP contribution in [0.3, 0.4) is 0 Å². The normalized spacial score (nSPS) is 10.2. The maximum absolute atomic E-state index is 13.4. The fourth-order valence-electron chi connectivity index (χ4n) is 1.31. The van der Waals surface area contributed by atoms with Crippen molar-refractivity contribution in [1.82, 2.24) is 5.16 Å². The summed E-state index contributed by atoms with van der Waals surface area (Å²) in [5.41, 5.74) is 1.16. The molecule has 1 aromatic heterocycles. The monoisotopic (exact) mass is 254 g/mol. The van der Waals surface area contributed by atoms with E-state index in [1.165, 1.54) is 12.3 Å². The van der Waals surface area contributed by atoms with E-state index in [0.717, 1.165) is 12.1 Å². The summed E-state index contributed by atoms with van der Waals surface area (Å²) >= 11 is 0. The molecule has 1 aromatic carbocycles. The van der Waals surface area contributed by atoms with E-state index in [0.29, 0.717) is 0 Å². The van der Waals surface area contributed by atoms with E-state index >= 15 is 0 Å². The number of hydrazine groups is 1. The van der Waals surface area contributed by atoms with Crippen molar-refractivity contribution in [2.45, 2.75) is 0 Å². The first kappa shape index (κ1) is 12.0. The van der Waals surface area contributed by atoms with Gasteiger partial charge in [0.1, 0.15) is 12.0 Å². The number of benzene rings is 1. The van der Waals surface area contributed by atoms with Crippen LogP contribution in [0, 0.1) is 11.6 Å². The van der Waals surface area contributed by atoms with Gasteiger partial charge in [-0.2, -0.15) is 0 Å². The number of carbonyl (C=O) groups excluding carboxylic acids is 1. The highest BCUT2D eigenvalue weighted by atomic mass is 19.1. The van der Waals surface area contributed by atoms with E-state index in [2.05, 4.69) is 15.0 Å². The van der Waals surface area contributed by atoms with Gasteiger partial charge in [-0.05, 0) is 12.1 Å². The molecule has 0 unspecified atom stereocenters. The van der Waals surface area contributed by atoms with Gasteiger partial charge in [-0.3, -0.25) is 10.6 Å². The van der Waals surface area contributed by atoms with Crippen molar-refractivity contribution in [1.29, 1.82) is 0 Å². The van der Waals surface area contributed by atoms with Crippen LogP contribution in [-0.2, 0) is 0 Å². The van der Waals surface area contributed by atoms with Crippen LogP contribution in [-0.4, -0.2) is 11.1 Å². The average molecular weight is 254 g/mol. The van der Waals surface area contributed by atoms with Gasteiger partial charge in [0.25, 0.3) is 5.91 Å². The highest BCUT2D eigenvalue weighted by Crippen LogP contribution is 2.20. The second-order valence-electron chi connectivity index (χ2n) is 3.30. The van der Waals surface area contributed by atoms with Gasteiger partial charge in [-0.15, -0.1) is 0 Å². The lowest BCUT2D eigenvalue weighted by Gasteiger charge is -2.06. The van der Waals surface area contributed by atoms with Crippen LogP contribution in [0.4, 0.5) is 20.3 Å². The van der Waals surface area contributed by atoms with Gasteiger partial charge in [0.05, 0.1) is 0 Å². The summed E-state index contributed by atoms with van der Waals surface area (Å²) < 4.78 is 31.2. The predicted molar refractivity (Wildman–Crippen MR) is 58.6 cm³/mol. The molecule has 0 radical (unpaired) electrons. The Balaban J connectivity index is 2.26. The second-order valence-corrected chi connectivity index (χ2v) is 3.30. The molecule has 0 aliphatic carbocycles. The van der Waals surface area contributed by atoms with E-state index in [-0.39, 0.29) is 11.4 Å². The molecule has 0 aliphatic heterocycles. The molecule has 0 aliphatic rings. The molecule has 8 heteroatoms. The van der Waals surface area contributed by atoms with Crippen LogP contribution in [0.5, 0.6) is 0 Å². The number of rotatable bonds is 3. The molecule has 0 atom stereocenters. The average Bonchev–Trinajstić information content (AvgIpc) is 2.81. The third-order valence-electron chi connectivity index (χ3n) is 2.13. The third kappa shape index (κ3) is 2.28. The molecule has 2 aromatic rings. The second kappa shape index (κ2) is 4.80. The van der Waals surface area contributed by atoms with Gasteiger partial charge in [0.2, 0.25) is 0 Å². The van der Waals surface area contributed by atoms with Crippen molar-refractivity contribution in [2.75, 3.05) is 10.7 Å².